The van der Waals surface area contributed by atoms with Crippen LogP contribution in [0.25, 0.3) is 0 Å². The molecule has 0 spiro atoms. The average Bonchev–Trinajstić information content (AvgIpc) is 2.47. The highest BCUT2D eigenvalue weighted by Crippen LogP contribution is 2.12. The fraction of sp³-hybridized carbons (Fsp3) is 0.526. The molecule has 122 valence electrons. The van der Waals surface area contributed by atoms with Gasteiger partial charge in [-0.25, -0.2) is 0 Å². The van der Waals surface area contributed by atoms with Gasteiger partial charge in [-0.1, -0.05) is 48.9 Å². The molecule has 0 amide bonds. The molecule has 22 heavy (non-hydrogen) atoms. The number of allylic oxidation sites excluding steroid dienone is 2. The fourth-order valence-electron chi connectivity index (χ4n) is 2.22. The number of nitrogens with two attached hydrogens (primary N) is 1. The minimum Gasteiger partial charge on any atom is -0.465 e. The quantitative estimate of drug-likeness (QED) is 0.556. The van der Waals surface area contributed by atoms with Crippen molar-refractivity contribution >= 4 is 5.97 Å². The molecular weight excluding hydrogens is 274 g/mol. The Labute approximate surface area is 134 Å². The summed E-state index contributed by atoms with van der Waals surface area (Å²) in [4.78, 5) is 11.9. The highest BCUT2D eigenvalue weighted by atomic mass is 16.5. The molecule has 0 aliphatic carbocycles. The van der Waals surface area contributed by atoms with E-state index in [4.69, 9.17) is 10.5 Å². The van der Waals surface area contributed by atoms with Crippen LogP contribution in [0.3, 0.4) is 0 Å². The van der Waals surface area contributed by atoms with Gasteiger partial charge in [-0.05, 0) is 51.0 Å². The van der Waals surface area contributed by atoms with Crippen molar-refractivity contribution in [3.8, 4) is 0 Å². The molecule has 2 N–H and O–H groups in total. The van der Waals surface area contributed by atoms with Gasteiger partial charge in [0, 0.05) is 0 Å². The number of carbonyl (C=O) groups excluding carboxylic acids is 1. The Hall–Kier alpha value is -1.61. The van der Waals surface area contributed by atoms with E-state index in [-0.39, 0.29) is 5.97 Å². The summed E-state index contributed by atoms with van der Waals surface area (Å²) in [5.41, 5.74) is 8.31. The standard InChI is InChI=1S/C19H29NO2/c1-15(2)8-7-9-16(3)12-13-22-19(21)18(20)14-17-10-5-4-6-11-17/h4-6,8,10-11,16,18H,7,9,12-14,20H2,1-3H3. The summed E-state index contributed by atoms with van der Waals surface area (Å²) in [7, 11) is 0. The van der Waals surface area contributed by atoms with E-state index in [1.54, 1.807) is 0 Å². The second kappa shape index (κ2) is 10.2. The van der Waals surface area contributed by atoms with E-state index in [1.807, 2.05) is 30.3 Å². The van der Waals surface area contributed by atoms with Gasteiger partial charge in [0.2, 0.25) is 0 Å². The lowest BCUT2D eigenvalue weighted by atomic mass is 10.0. The minimum atomic E-state index is -0.580. The Morgan fingerprint density at radius 1 is 1.23 bits per heavy atom. The molecule has 0 saturated carbocycles. The van der Waals surface area contributed by atoms with Gasteiger partial charge in [0.1, 0.15) is 6.04 Å². The Morgan fingerprint density at radius 3 is 2.55 bits per heavy atom. The van der Waals surface area contributed by atoms with E-state index in [2.05, 4.69) is 26.8 Å². The van der Waals surface area contributed by atoms with Crippen molar-refractivity contribution in [3.63, 3.8) is 0 Å². The normalized spacial score (nSPS) is 13.3. The highest BCUT2D eigenvalue weighted by Gasteiger charge is 2.15. The summed E-state index contributed by atoms with van der Waals surface area (Å²) in [5.74, 6) is 0.245. The molecule has 3 nitrogen and oxygen atoms in total. The van der Waals surface area contributed by atoms with E-state index < -0.39 is 6.04 Å². The smallest absolute Gasteiger partial charge is 0.323 e. The van der Waals surface area contributed by atoms with Crippen LogP contribution in [0.2, 0.25) is 0 Å². The van der Waals surface area contributed by atoms with Gasteiger partial charge in [-0.3, -0.25) is 4.79 Å². The Balaban J connectivity index is 2.21. The van der Waals surface area contributed by atoms with Crippen molar-refractivity contribution in [1.82, 2.24) is 0 Å². The molecule has 0 aromatic heterocycles. The van der Waals surface area contributed by atoms with Crippen LogP contribution >= 0.6 is 0 Å². The molecule has 0 heterocycles. The Kier molecular flexibility index (Phi) is 8.53. The molecule has 3 heteroatoms. The molecule has 0 aliphatic heterocycles. The topological polar surface area (TPSA) is 52.3 Å². The van der Waals surface area contributed by atoms with Crippen LogP contribution in [0.15, 0.2) is 42.0 Å². The van der Waals surface area contributed by atoms with E-state index in [9.17, 15) is 4.79 Å². The maximum Gasteiger partial charge on any atom is 0.323 e. The number of esters is 1. The second-order valence-corrected chi connectivity index (χ2v) is 6.22. The first-order chi connectivity index (χ1) is 10.5. The third-order valence-electron chi connectivity index (χ3n) is 3.67. The predicted octanol–water partition coefficient (Wildman–Crippen LogP) is 3.87. The van der Waals surface area contributed by atoms with E-state index >= 15 is 0 Å². The lowest BCUT2D eigenvalue weighted by Crippen LogP contribution is -2.34. The molecule has 1 aromatic rings. The van der Waals surface area contributed by atoms with Gasteiger partial charge in [-0.15, -0.1) is 0 Å². The lowest BCUT2D eigenvalue weighted by Gasteiger charge is -2.14. The van der Waals surface area contributed by atoms with Crippen LogP contribution in [0.4, 0.5) is 0 Å². The van der Waals surface area contributed by atoms with E-state index in [0.29, 0.717) is 18.9 Å². The number of ether oxygens (including phenoxy) is 1. The van der Waals surface area contributed by atoms with Crippen LogP contribution in [0.1, 0.15) is 45.6 Å². The monoisotopic (exact) mass is 303 g/mol. The number of hydrogen-bond acceptors (Lipinski definition) is 3. The van der Waals surface area contributed by atoms with Gasteiger partial charge in [0.05, 0.1) is 6.61 Å². The molecule has 0 radical (unpaired) electrons. The van der Waals surface area contributed by atoms with Crippen molar-refractivity contribution in [2.45, 2.75) is 52.5 Å². The second-order valence-electron chi connectivity index (χ2n) is 6.22. The molecular formula is C19H29NO2. The molecule has 2 atom stereocenters. The number of carbonyl (C=O) groups is 1. The molecule has 0 aliphatic rings. The number of rotatable bonds is 9. The largest absolute Gasteiger partial charge is 0.465 e. The summed E-state index contributed by atoms with van der Waals surface area (Å²) in [6, 6.07) is 9.20. The van der Waals surface area contributed by atoms with Gasteiger partial charge < -0.3 is 10.5 Å². The van der Waals surface area contributed by atoms with Crippen molar-refractivity contribution in [2.75, 3.05) is 6.61 Å². The average molecular weight is 303 g/mol. The zero-order chi connectivity index (χ0) is 16.4. The zero-order valence-corrected chi connectivity index (χ0v) is 14.0. The van der Waals surface area contributed by atoms with Crippen LogP contribution in [-0.2, 0) is 16.0 Å². The van der Waals surface area contributed by atoms with Crippen molar-refractivity contribution in [3.05, 3.63) is 47.5 Å². The Bertz CT molecular complexity index is 464. The number of hydrogen-bond donors (Lipinski definition) is 1. The predicted molar refractivity (Wildman–Crippen MR) is 91.5 cm³/mol. The Morgan fingerprint density at radius 2 is 1.91 bits per heavy atom. The zero-order valence-electron chi connectivity index (χ0n) is 14.0. The summed E-state index contributed by atoms with van der Waals surface area (Å²) in [6.45, 7) is 6.87. The molecule has 1 rings (SSSR count). The van der Waals surface area contributed by atoms with Crippen LogP contribution in [0.5, 0.6) is 0 Å². The van der Waals surface area contributed by atoms with Crippen LogP contribution in [-0.4, -0.2) is 18.6 Å². The fourth-order valence-corrected chi connectivity index (χ4v) is 2.22. The SMILES string of the molecule is CC(C)=CCCC(C)CCOC(=O)C(N)Cc1ccccc1. The molecule has 2 unspecified atom stereocenters. The van der Waals surface area contributed by atoms with Crippen molar-refractivity contribution in [1.29, 1.82) is 0 Å². The van der Waals surface area contributed by atoms with Crippen molar-refractivity contribution in [2.24, 2.45) is 11.7 Å². The molecule has 1 aromatic carbocycles. The first kappa shape index (κ1) is 18.4. The summed E-state index contributed by atoms with van der Waals surface area (Å²) in [6.07, 6.45) is 5.87. The molecule has 0 fully saturated rings. The summed E-state index contributed by atoms with van der Waals surface area (Å²) in [5, 5.41) is 0. The lowest BCUT2D eigenvalue weighted by molar-refractivity contribution is -0.145. The third-order valence-corrected chi connectivity index (χ3v) is 3.67. The highest BCUT2D eigenvalue weighted by molar-refractivity contribution is 5.75. The van der Waals surface area contributed by atoms with E-state index in [1.165, 1.54) is 5.57 Å². The van der Waals surface area contributed by atoms with E-state index in [0.717, 1.165) is 24.8 Å². The molecule has 0 saturated heterocycles. The van der Waals surface area contributed by atoms with Gasteiger partial charge in [-0.2, -0.15) is 0 Å². The van der Waals surface area contributed by atoms with Crippen LogP contribution < -0.4 is 5.73 Å². The van der Waals surface area contributed by atoms with Gasteiger partial charge in [0.25, 0.3) is 0 Å². The van der Waals surface area contributed by atoms with Crippen LogP contribution in [0, 0.1) is 5.92 Å². The maximum absolute atomic E-state index is 11.9. The molecule has 0 bridgehead atoms. The van der Waals surface area contributed by atoms with Gasteiger partial charge in [0.15, 0.2) is 0 Å². The first-order valence-electron chi connectivity index (χ1n) is 8.08. The summed E-state index contributed by atoms with van der Waals surface area (Å²) >= 11 is 0. The van der Waals surface area contributed by atoms with Crippen molar-refractivity contribution < 1.29 is 9.53 Å². The minimum absolute atomic E-state index is 0.305. The first-order valence-corrected chi connectivity index (χ1v) is 8.08. The summed E-state index contributed by atoms with van der Waals surface area (Å²) < 4.78 is 5.29. The van der Waals surface area contributed by atoms with Gasteiger partial charge >= 0.3 is 5.97 Å². The third kappa shape index (κ3) is 7.99. The number of benzene rings is 1. The maximum atomic E-state index is 11.9.